The van der Waals surface area contributed by atoms with Crippen LogP contribution in [0.3, 0.4) is 0 Å². The first-order chi connectivity index (χ1) is 9.19. The van der Waals surface area contributed by atoms with E-state index in [2.05, 4.69) is 45.6 Å². The molecule has 0 unspecified atom stereocenters. The average molecular weight is 335 g/mol. The normalized spacial score (nSPS) is 10.0. The van der Waals surface area contributed by atoms with Crippen LogP contribution in [0.2, 0.25) is 0 Å². The average Bonchev–Trinajstić information content (AvgIpc) is 2.42. The van der Waals surface area contributed by atoms with Crippen LogP contribution in [0.5, 0.6) is 0 Å². The molecule has 0 fully saturated rings. The molecule has 2 N–H and O–H groups in total. The molecule has 0 heterocycles. The molecule has 0 atom stereocenters. The number of hydrogen-bond donors (Lipinski definition) is 2. The van der Waals surface area contributed by atoms with Crippen LogP contribution in [-0.2, 0) is 6.42 Å². The number of hydrogen-bond acceptors (Lipinski definition) is 1. The van der Waals surface area contributed by atoms with Crippen molar-refractivity contribution in [3.8, 4) is 0 Å². The zero-order valence-corrected chi connectivity index (χ0v) is 13.0. The Kier molecular flexibility index (Phi) is 4.93. The van der Waals surface area contributed by atoms with E-state index < -0.39 is 0 Å². The number of nitrogens with one attached hydrogen (secondary N) is 2. The zero-order valence-electron chi connectivity index (χ0n) is 10.6. The summed E-state index contributed by atoms with van der Waals surface area (Å²) >= 11 is 8.77. The highest BCUT2D eigenvalue weighted by Crippen LogP contribution is 2.21. The van der Waals surface area contributed by atoms with Gasteiger partial charge in [0.1, 0.15) is 0 Å². The molecule has 0 amide bonds. The van der Waals surface area contributed by atoms with Crippen molar-refractivity contribution < 1.29 is 0 Å². The van der Waals surface area contributed by atoms with Crippen LogP contribution in [0.4, 0.5) is 11.4 Å². The van der Waals surface area contributed by atoms with Crippen LogP contribution >= 0.6 is 28.1 Å². The minimum absolute atomic E-state index is 0.580. The van der Waals surface area contributed by atoms with Gasteiger partial charge < -0.3 is 10.6 Å². The molecule has 0 spiro atoms. The fourth-order valence-corrected chi connectivity index (χ4v) is 2.28. The summed E-state index contributed by atoms with van der Waals surface area (Å²) in [6.07, 6.45) is 1.04. The Morgan fingerprint density at radius 3 is 2.37 bits per heavy atom. The summed E-state index contributed by atoms with van der Waals surface area (Å²) < 4.78 is 0.987. The molecule has 19 heavy (non-hydrogen) atoms. The third-order valence-corrected chi connectivity index (χ3v) is 3.64. The fraction of sp³-hybridized carbons (Fsp3) is 0.133. The Morgan fingerprint density at radius 1 is 1.05 bits per heavy atom. The number of aryl methyl sites for hydroxylation is 1. The van der Waals surface area contributed by atoms with E-state index in [0.717, 1.165) is 22.3 Å². The minimum Gasteiger partial charge on any atom is -0.332 e. The second-order valence-electron chi connectivity index (χ2n) is 4.11. The van der Waals surface area contributed by atoms with E-state index in [-0.39, 0.29) is 0 Å². The highest BCUT2D eigenvalue weighted by Gasteiger charge is 2.01. The maximum absolute atomic E-state index is 5.30. The van der Waals surface area contributed by atoms with Crippen molar-refractivity contribution >= 4 is 44.6 Å². The number of halogens is 1. The lowest BCUT2D eigenvalue weighted by molar-refractivity contribution is 1.14. The first-order valence-corrected chi connectivity index (χ1v) is 7.30. The van der Waals surface area contributed by atoms with Crippen LogP contribution in [-0.4, -0.2) is 5.11 Å². The summed E-state index contributed by atoms with van der Waals surface area (Å²) in [5.41, 5.74) is 3.25. The molecule has 0 aromatic heterocycles. The van der Waals surface area contributed by atoms with E-state index in [1.165, 1.54) is 5.56 Å². The largest absolute Gasteiger partial charge is 0.332 e. The van der Waals surface area contributed by atoms with Crippen molar-refractivity contribution in [1.82, 2.24) is 0 Å². The summed E-state index contributed by atoms with van der Waals surface area (Å²) in [6, 6.07) is 16.1. The number of para-hydroxylation sites is 1. The second-order valence-corrected chi connectivity index (χ2v) is 5.37. The molecule has 0 aliphatic heterocycles. The first-order valence-electron chi connectivity index (χ1n) is 6.10. The van der Waals surface area contributed by atoms with E-state index in [4.69, 9.17) is 12.2 Å². The SMILES string of the molecule is CCc1ccc(NC(=S)Nc2ccccc2Br)cc1. The van der Waals surface area contributed by atoms with Gasteiger partial charge in [-0.05, 0) is 64.4 Å². The first kappa shape index (κ1) is 14.0. The third-order valence-electron chi connectivity index (χ3n) is 2.74. The Hall–Kier alpha value is -1.39. The van der Waals surface area contributed by atoms with Gasteiger partial charge in [0.2, 0.25) is 0 Å². The van der Waals surface area contributed by atoms with E-state index in [9.17, 15) is 0 Å². The van der Waals surface area contributed by atoms with Crippen LogP contribution < -0.4 is 10.6 Å². The van der Waals surface area contributed by atoms with E-state index in [0.29, 0.717) is 5.11 Å². The molecule has 0 radical (unpaired) electrons. The van der Waals surface area contributed by atoms with Crippen LogP contribution in [0, 0.1) is 0 Å². The molecular weight excluding hydrogens is 320 g/mol. The monoisotopic (exact) mass is 334 g/mol. The maximum Gasteiger partial charge on any atom is 0.175 e. The van der Waals surface area contributed by atoms with Crippen molar-refractivity contribution in [1.29, 1.82) is 0 Å². The van der Waals surface area contributed by atoms with Gasteiger partial charge in [0, 0.05) is 10.2 Å². The summed E-state index contributed by atoms with van der Waals surface area (Å²) in [7, 11) is 0. The zero-order chi connectivity index (χ0) is 13.7. The smallest absolute Gasteiger partial charge is 0.175 e. The van der Waals surface area contributed by atoms with Gasteiger partial charge in [-0.2, -0.15) is 0 Å². The third kappa shape index (κ3) is 4.04. The molecule has 2 nitrogen and oxygen atoms in total. The van der Waals surface area contributed by atoms with Gasteiger partial charge >= 0.3 is 0 Å². The standard InChI is InChI=1S/C15H15BrN2S/c1-2-11-7-9-12(10-8-11)17-15(19)18-14-6-4-3-5-13(14)16/h3-10H,2H2,1H3,(H2,17,18,19). The lowest BCUT2D eigenvalue weighted by Crippen LogP contribution is -2.19. The number of anilines is 2. The number of rotatable bonds is 3. The molecule has 0 bridgehead atoms. The number of benzene rings is 2. The molecular formula is C15H15BrN2S. The van der Waals surface area contributed by atoms with Crippen LogP contribution in [0.1, 0.15) is 12.5 Å². The maximum atomic E-state index is 5.30. The molecule has 0 aliphatic rings. The lowest BCUT2D eigenvalue weighted by atomic mass is 10.1. The topological polar surface area (TPSA) is 24.1 Å². The molecule has 98 valence electrons. The van der Waals surface area contributed by atoms with Gasteiger partial charge in [0.05, 0.1) is 5.69 Å². The summed E-state index contributed by atoms with van der Waals surface area (Å²) in [5.74, 6) is 0. The Balaban J connectivity index is 1.99. The van der Waals surface area contributed by atoms with Crippen molar-refractivity contribution in [3.05, 3.63) is 58.6 Å². The lowest BCUT2D eigenvalue weighted by Gasteiger charge is -2.12. The van der Waals surface area contributed by atoms with Gasteiger partial charge in [-0.15, -0.1) is 0 Å². The van der Waals surface area contributed by atoms with Crippen molar-refractivity contribution in [2.45, 2.75) is 13.3 Å². The highest BCUT2D eigenvalue weighted by molar-refractivity contribution is 9.10. The van der Waals surface area contributed by atoms with Crippen molar-refractivity contribution in [3.63, 3.8) is 0 Å². The highest BCUT2D eigenvalue weighted by atomic mass is 79.9. The Bertz CT molecular complexity index is 567. The van der Waals surface area contributed by atoms with Gasteiger partial charge in [0.25, 0.3) is 0 Å². The van der Waals surface area contributed by atoms with Gasteiger partial charge in [-0.1, -0.05) is 31.2 Å². The van der Waals surface area contributed by atoms with E-state index >= 15 is 0 Å². The molecule has 0 saturated carbocycles. The Labute approximate surface area is 127 Å². The van der Waals surface area contributed by atoms with Crippen molar-refractivity contribution in [2.24, 2.45) is 0 Å². The predicted molar refractivity (Wildman–Crippen MR) is 89.8 cm³/mol. The molecule has 4 heteroatoms. The summed E-state index contributed by atoms with van der Waals surface area (Å²) in [4.78, 5) is 0. The van der Waals surface area contributed by atoms with Gasteiger partial charge in [0.15, 0.2) is 5.11 Å². The number of thiocarbonyl (C=S) groups is 1. The quantitative estimate of drug-likeness (QED) is 0.787. The molecule has 2 rings (SSSR count). The molecule has 0 saturated heterocycles. The molecule has 2 aromatic carbocycles. The Morgan fingerprint density at radius 2 is 1.74 bits per heavy atom. The summed E-state index contributed by atoms with van der Waals surface area (Å²) in [6.45, 7) is 2.14. The van der Waals surface area contributed by atoms with Crippen LogP contribution in [0.15, 0.2) is 53.0 Å². The molecule has 2 aromatic rings. The predicted octanol–water partition coefficient (Wildman–Crippen LogP) is 4.82. The fourth-order valence-electron chi connectivity index (χ4n) is 1.67. The van der Waals surface area contributed by atoms with Gasteiger partial charge in [-0.3, -0.25) is 0 Å². The molecule has 0 aliphatic carbocycles. The summed E-state index contributed by atoms with van der Waals surface area (Å²) in [5, 5.41) is 6.91. The van der Waals surface area contributed by atoms with Crippen LogP contribution in [0.25, 0.3) is 0 Å². The van der Waals surface area contributed by atoms with Crippen molar-refractivity contribution in [2.75, 3.05) is 10.6 Å². The van der Waals surface area contributed by atoms with E-state index in [1.807, 2.05) is 36.4 Å². The second kappa shape index (κ2) is 6.68. The van der Waals surface area contributed by atoms with E-state index in [1.54, 1.807) is 0 Å². The minimum atomic E-state index is 0.580. The van der Waals surface area contributed by atoms with Gasteiger partial charge in [-0.25, -0.2) is 0 Å².